The van der Waals surface area contributed by atoms with Gasteiger partial charge in [0.25, 0.3) is 0 Å². The van der Waals surface area contributed by atoms with Gasteiger partial charge in [-0.25, -0.2) is 4.98 Å². The number of H-pyrrole nitrogens is 1. The van der Waals surface area contributed by atoms with Crippen molar-refractivity contribution >= 4 is 28.6 Å². The molecular formula is C24H19N3O2. The number of carbonyl (C=O) groups is 1. The van der Waals surface area contributed by atoms with Crippen molar-refractivity contribution in [2.75, 3.05) is 5.73 Å². The van der Waals surface area contributed by atoms with Crippen molar-refractivity contribution in [3.05, 3.63) is 94.8 Å². The molecule has 2 aromatic heterocycles. The molecule has 0 aliphatic heterocycles. The predicted octanol–water partition coefficient (Wildman–Crippen LogP) is 4.55. The molecule has 0 unspecified atom stereocenters. The Balaban J connectivity index is 1.36. The lowest BCUT2D eigenvalue weighted by Crippen LogP contribution is -2.03. The van der Waals surface area contributed by atoms with Crippen LogP contribution in [0.1, 0.15) is 27.2 Å². The fraction of sp³-hybridized carbons (Fsp3) is 0.0833. The average molecular weight is 381 g/mol. The smallest absolute Gasteiger partial charge is 0.205 e. The molecule has 1 aliphatic carbocycles. The number of fused-ring (bicyclic) bond motifs is 2. The predicted molar refractivity (Wildman–Crippen MR) is 114 cm³/mol. The normalized spacial score (nSPS) is 12.6. The van der Waals surface area contributed by atoms with Gasteiger partial charge in [-0.3, -0.25) is 4.79 Å². The van der Waals surface area contributed by atoms with E-state index < -0.39 is 0 Å². The monoisotopic (exact) mass is 381 g/mol. The molecule has 2 aromatic carbocycles. The van der Waals surface area contributed by atoms with E-state index in [0.29, 0.717) is 24.5 Å². The van der Waals surface area contributed by atoms with Crippen molar-refractivity contribution in [1.82, 2.24) is 9.97 Å². The molecule has 0 fully saturated rings. The van der Waals surface area contributed by atoms with E-state index in [-0.39, 0.29) is 5.78 Å². The third-order valence-corrected chi connectivity index (χ3v) is 5.13. The fourth-order valence-corrected chi connectivity index (χ4v) is 3.62. The van der Waals surface area contributed by atoms with Crippen LogP contribution in [0.25, 0.3) is 17.0 Å². The maximum absolute atomic E-state index is 13.0. The van der Waals surface area contributed by atoms with E-state index in [9.17, 15) is 4.79 Å². The summed E-state index contributed by atoms with van der Waals surface area (Å²) in [5.41, 5.74) is 11.1. The summed E-state index contributed by atoms with van der Waals surface area (Å²) in [6.45, 7) is 0.505. The number of aromatic nitrogens is 2. The molecule has 5 nitrogen and oxygen atoms in total. The molecule has 0 amide bonds. The van der Waals surface area contributed by atoms with Crippen molar-refractivity contribution in [2.24, 2.45) is 0 Å². The molecular weight excluding hydrogens is 362 g/mol. The number of pyridine rings is 1. The van der Waals surface area contributed by atoms with Crippen LogP contribution in [0.3, 0.4) is 0 Å². The standard InChI is InChI=1S/C24H19N3O2/c25-23-12-16-8-18(9-19(16)13-26-23)24(28)22-11-17-10-20(6-7-21(17)27-22)29-14-15-4-2-1-3-5-15/h1-8,10-13,27H,9,14H2,(H2,25,26). The second kappa shape index (κ2) is 6.95. The minimum absolute atomic E-state index is 0.0114. The van der Waals surface area contributed by atoms with Crippen LogP contribution in [0.4, 0.5) is 5.82 Å². The summed E-state index contributed by atoms with van der Waals surface area (Å²) in [6.07, 6.45) is 4.21. The Hall–Kier alpha value is -3.86. The zero-order valence-electron chi connectivity index (χ0n) is 15.7. The van der Waals surface area contributed by atoms with E-state index in [4.69, 9.17) is 10.5 Å². The number of rotatable bonds is 5. The zero-order chi connectivity index (χ0) is 19.8. The number of nitrogens with zero attached hydrogens (tertiary/aromatic N) is 1. The first-order valence-electron chi connectivity index (χ1n) is 9.45. The number of aromatic amines is 1. The maximum atomic E-state index is 13.0. The van der Waals surface area contributed by atoms with Crippen LogP contribution in [0, 0.1) is 0 Å². The highest BCUT2D eigenvalue weighted by Crippen LogP contribution is 2.29. The van der Waals surface area contributed by atoms with Gasteiger partial charge in [-0.05, 0) is 53.1 Å². The van der Waals surface area contributed by atoms with Gasteiger partial charge in [0.2, 0.25) is 5.78 Å². The first-order valence-corrected chi connectivity index (χ1v) is 9.45. The molecule has 0 atom stereocenters. The molecule has 0 bridgehead atoms. The number of hydrogen-bond donors (Lipinski definition) is 2. The zero-order valence-corrected chi connectivity index (χ0v) is 15.7. The lowest BCUT2D eigenvalue weighted by molar-refractivity contribution is 0.103. The average Bonchev–Trinajstić information content (AvgIpc) is 3.35. The van der Waals surface area contributed by atoms with Gasteiger partial charge in [-0.1, -0.05) is 30.3 Å². The molecule has 3 N–H and O–H groups in total. The topological polar surface area (TPSA) is 81.0 Å². The summed E-state index contributed by atoms with van der Waals surface area (Å²) < 4.78 is 5.89. The first-order chi connectivity index (χ1) is 14.2. The summed E-state index contributed by atoms with van der Waals surface area (Å²) in [5.74, 6) is 1.22. The summed E-state index contributed by atoms with van der Waals surface area (Å²) in [4.78, 5) is 20.3. The third-order valence-electron chi connectivity index (χ3n) is 5.13. The number of nitrogens with two attached hydrogens (primary N) is 1. The fourth-order valence-electron chi connectivity index (χ4n) is 3.62. The Morgan fingerprint density at radius 3 is 2.83 bits per heavy atom. The molecule has 0 saturated heterocycles. The molecule has 142 valence electrons. The SMILES string of the molecule is Nc1cc2c(cn1)CC(C(=O)c1cc3cc(OCc4ccccc4)ccc3[nH]1)=C2. The lowest BCUT2D eigenvalue weighted by atomic mass is 10.1. The molecule has 4 aromatic rings. The van der Waals surface area contributed by atoms with Crippen LogP contribution in [0.15, 0.2) is 72.4 Å². The molecule has 0 saturated carbocycles. The quantitative estimate of drug-likeness (QED) is 0.497. The molecule has 0 spiro atoms. The second-order valence-corrected chi connectivity index (χ2v) is 7.19. The van der Waals surface area contributed by atoms with Crippen LogP contribution in [-0.2, 0) is 13.0 Å². The van der Waals surface area contributed by atoms with Crippen molar-refractivity contribution in [1.29, 1.82) is 0 Å². The maximum Gasteiger partial charge on any atom is 0.205 e. The number of benzene rings is 2. The number of carbonyl (C=O) groups excluding carboxylic acids is 1. The highest BCUT2D eigenvalue weighted by Gasteiger charge is 2.21. The van der Waals surface area contributed by atoms with E-state index in [1.807, 2.05) is 60.7 Å². The molecule has 29 heavy (non-hydrogen) atoms. The Kier molecular flexibility index (Phi) is 4.13. The van der Waals surface area contributed by atoms with Gasteiger partial charge in [0.05, 0.1) is 5.69 Å². The summed E-state index contributed by atoms with van der Waals surface area (Å²) in [5, 5.41) is 0.945. The van der Waals surface area contributed by atoms with Gasteiger partial charge in [-0.2, -0.15) is 0 Å². The van der Waals surface area contributed by atoms with Crippen LogP contribution >= 0.6 is 0 Å². The van der Waals surface area contributed by atoms with Gasteiger partial charge < -0.3 is 15.5 Å². The van der Waals surface area contributed by atoms with E-state index >= 15 is 0 Å². The minimum atomic E-state index is -0.0114. The van der Waals surface area contributed by atoms with Crippen LogP contribution in [0.5, 0.6) is 5.75 Å². The number of nitrogens with one attached hydrogen (secondary N) is 1. The Morgan fingerprint density at radius 2 is 1.97 bits per heavy atom. The first kappa shape index (κ1) is 17.3. The highest BCUT2D eigenvalue weighted by atomic mass is 16.5. The lowest BCUT2D eigenvalue weighted by Gasteiger charge is -2.06. The summed E-state index contributed by atoms with van der Waals surface area (Å²) in [6, 6.07) is 19.5. The van der Waals surface area contributed by atoms with E-state index in [2.05, 4.69) is 9.97 Å². The third kappa shape index (κ3) is 3.38. The molecule has 5 heteroatoms. The Labute approximate surface area is 167 Å². The number of ketones is 1. The largest absolute Gasteiger partial charge is 0.489 e. The molecule has 1 aliphatic rings. The van der Waals surface area contributed by atoms with E-state index in [0.717, 1.165) is 38.9 Å². The minimum Gasteiger partial charge on any atom is -0.489 e. The van der Waals surface area contributed by atoms with Crippen LogP contribution in [-0.4, -0.2) is 15.8 Å². The number of hydrogen-bond acceptors (Lipinski definition) is 4. The number of Topliss-reactive ketones (excluding diaryl/α,β-unsaturated/α-hetero) is 1. The van der Waals surface area contributed by atoms with Crippen molar-refractivity contribution in [3.8, 4) is 5.75 Å². The van der Waals surface area contributed by atoms with Crippen molar-refractivity contribution in [2.45, 2.75) is 13.0 Å². The molecule has 5 rings (SSSR count). The van der Waals surface area contributed by atoms with E-state index in [1.54, 1.807) is 12.3 Å². The van der Waals surface area contributed by atoms with Crippen LogP contribution in [0.2, 0.25) is 0 Å². The highest BCUT2D eigenvalue weighted by molar-refractivity contribution is 6.13. The number of anilines is 1. The van der Waals surface area contributed by atoms with Gasteiger partial charge in [0, 0.05) is 29.1 Å². The van der Waals surface area contributed by atoms with Gasteiger partial charge in [0.15, 0.2) is 0 Å². The van der Waals surface area contributed by atoms with Crippen molar-refractivity contribution in [3.63, 3.8) is 0 Å². The Morgan fingerprint density at radius 1 is 1.10 bits per heavy atom. The number of allylic oxidation sites excluding steroid dienone is 1. The van der Waals surface area contributed by atoms with Gasteiger partial charge >= 0.3 is 0 Å². The van der Waals surface area contributed by atoms with Crippen molar-refractivity contribution < 1.29 is 9.53 Å². The second-order valence-electron chi connectivity index (χ2n) is 7.19. The molecule has 0 radical (unpaired) electrons. The molecule has 2 heterocycles. The Bertz CT molecular complexity index is 1260. The van der Waals surface area contributed by atoms with E-state index in [1.165, 1.54) is 0 Å². The number of nitrogen functional groups attached to an aromatic ring is 1. The summed E-state index contributed by atoms with van der Waals surface area (Å²) in [7, 11) is 0. The number of ether oxygens (including phenoxy) is 1. The van der Waals surface area contributed by atoms with Crippen LogP contribution < -0.4 is 10.5 Å². The summed E-state index contributed by atoms with van der Waals surface area (Å²) >= 11 is 0. The van der Waals surface area contributed by atoms with Gasteiger partial charge in [0.1, 0.15) is 18.2 Å². The van der Waals surface area contributed by atoms with Gasteiger partial charge in [-0.15, -0.1) is 0 Å².